The van der Waals surface area contributed by atoms with Crippen molar-refractivity contribution >= 4 is 33.4 Å². The van der Waals surface area contributed by atoms with Gasteiger partial charge < -0.3 is 0 Å². The number of fused-ring (bicyclic) bond motifs is 2. The van der Waals surface area contributed by atoms with E-state index >= 15 is 0 Å². The SMILES string of the molecule is O=C(Nc1nc(-c2ccc3c(c2)CCCC3)cs1)c1cnc2ccccc2n1. The van der Waals surface area contributed by atoms with Crippen LogP contribution in [0.15, 0.2) is 54.0 Å². The van der Waals surface area contributed by atoms with Gasteiger partial charge in [-0.25, -0.2) is 9.97 Å². The Balaban J connectivity index is 1.36. The van der Waals surface area contributed by atoms with E-state index in [0.717, 1.165) is 23.2 Å². The summed E-state index contributed by atoms with van der Waals surface area (Å²) in [6, 6.07) is 14.1. The number of nitrogens with zero attached hydrogens (tertiary/aromatic N) is 3. The highest BCUT2D eigenvalue weighted by atomic mass is 32.1. The number of nitrogens with one attached hydrogen (secondary N) is 1. The van der Waals surface area contributed by atoms with Gasteiger partial charge in [0, 0.05) is 10.9 Å². The number of carbonyl (C=O) groups is 1. The van der Waals surface area contributed by atoms with Crippen LogP contribution in [0.25, 0.3) is 22.3 Å². The molecule has 0 radical (unpaired) electrons. The number of aryl methyl sites for hydroxylation is 2. The average Bonchev–Trinajstić information content (AvgIpc) is 3.21. The summed E-state index contributed by atoms with van der Waals surface area (Å²) in [7, 11) is 0. The molecule has 6 heteroatoms. The van der Waals surface area contributed by atoms with Crippen LogP contribution < -0.4 is 5.32 Å². The van der Waals surface area contributed by atoms with Gasteiger partial charge in [0.1, 0.15) is 5.69 Å². The molecular weight excluding hydrogens is 368 g/mol. The number of aromatic nitrogens is 3. The molecular formula is C22H18N4OS. The zero-order chi connectivity index (χ0) is 18.9. The maximum absolute atomic E-state index is 12.5. The van der Waals surface area contributed by atoms with Crippen LogP contribution in [0.5, 0.6) is 0 Å². The minimum absolute atomic E-state index is 0.282. The van der Waals surface area contributed by atoms with E-state index in [1.807, 2.05) is 29.6 Å². The van der Waals surface area contributed by atoms with E-state index in [0.29, 0.717) is 10.6 Å². The lowest BCUT2D eigenvalue weighted by Crippen LogP contribution is -2.14. The van der Waals surface area contributed by atoms with Crippen LogP contribution in [0.2, 0.25) is 0 Å². The van der Waals surface area contributed by atoms with E-state index in [1.54, 1.807) is 0 Å². The summed E-state index contributed by atoms with van der Waals surface area (Å²) in [5.41, 5.74) is 6.61. The first-order valence-electron chi connectivity index (χ1n) is 9.37. The molecule has 4 aromatic rings. The highest BCUT2D eigenvalue weighted by molar-refractivity contribution is 7.14. The molecule has 0 atom stereocenters. The van der Waals surface area contributed by atoms with Gasteiger partial charge in [-0.1, -0.05) is 24.3 Å². The average molecular weight is 386 g/mol. The maximum Gasteiger partial charge on any atom is 0.277 e. The molecule has 0 bridgehead atoms. The van der Waals surface area contributed by atoms with E-state index in [9.17, 15) is 4.79 Å². The first-order chi connectivity index (χ1) is 13.8. The quantitative estimate of drug-likeness (QED) is 0.545. The summed E-state index contributed by atoms with van der Waals surface area (Å²) in [5.74, 6) is -0.301. The van der Waals surface area contributed by atoms with Gasteiger partial charge in [-0.05, 0) is 55.0 Å². The van der Waals surface area contributed by atoms with Gasteiger partial charge in [-0.2, -0.15) is 0 Å². The molecule has 0 saturated heterocycles. The van der Waals surface area contributed by atoms with Crippen LogP contribution in [0.3, 0.4) is 0 Å². The Morgan fingerprint density at radius 1 is 0.964 bits per heavy atom. The molecule has 0 aliphatic heterocycles. The Hall–Kier alpha value is -3.12. The van der Waals surface area contributed by atoms with Gasteiger partial charge >= 0.3 is 0 Å². The number of benzene rings is 2. The van der Waals surface area contributed by atoms with E-state index in [4.69, 9.17) is 0 Å². The summed E-state index contributed by atoms with van der Waals surface area (Å²) in [5, 5.41) is 5.38. The Labute approximate surface area is 166 Å². The third-order valence-electron chi connectivity index (χ3n) is 5.05. The fourth-order valence-corrected chi connectivity index (χ4v) is 4.30. The number of amides is 1. The Morgan fingerprint density at radius 2 is 1.79 bits per heavy atom. The predicted octanol–water partition coefficient (Wildman–Crippen LogP) is 4.88. The van der Waals surface area contributed by atoms with Crippen LogP contribution in [-0.4, -0.2) is 20.9 Å². The van der Waals surface area contributed by atoms with Crippen molar-refractivity contribution in [3.8, 4) is 11.3 Å². The van der Waals surface area contributed by atoms with E-state index in [1.165, 1.54) is 47.9 Å². The molecule has 138 valence electrons. The smallest absolute Gasteiger partial charge is 0.277 e. The number of para-hydroxylation sites is 2. The number of carbonyl (C=O) groups excluding carboxylic acids is 1. The lowest BCUT2D eigenvalue weighted by atomic mass is 9.90. The van der Waals surface area contributed by atoms with Crippen LogP contribution >= 0.6 is 11.3 Å². The highest BCUT2D eigenvalue weighted by Crippen LogP contribution is 2.29. The summed E-state index contributed by atoms with van der Waals surface area (Å²) in [6.07, 6.45) is 6.33. The van der Waals surface area contributed by atoms with Crippen molar-refractivity contribution in [2.24, 2.45) is 0 Å². The Kier molecular flexibility index (Phi) is 4.33. The fourth-order valence-electron chi connectivity index (χ4n) is 3.58. The van der Waals surface area contributed by atoms with Crippen molar-refractivity contribution in [3.05, 3.63) is 70.9 Å². The Morgan fingerprint density at radius 3 is 2.68 bits per heavy atom. The molecule has 5 rings (SSSR count). The first-order valence-corrected chi connectivity index (χ1v) is 10.2. The zero-order valence-electron chi connectivity index (χ0n) is 15.2. The van der Waals surface area contributed by atoms with Crippen molar-refractivity contribution in [2.45, 2.75) is 25.7 Å². The molecule has 0 unspecified atom stereocenters. The van der Waals surface area contributed by atoms with Crippen LogP contribution in [0.4, 0.5) is 5.13 Å². The molecule has 28 heavy (non-hydrogen) atoms. The van der Waals surface area contributed by atoms with Crippen molar-refractivity contribution < 1.29 is 4.79 Å². The van der Waals surface area contributed by atoms with Gasteiger partial charge in [-0.15, -0.1) is 11.3 Å². The second-order valence-electron chi connectivity index (χ2n) is 6.93. The summed E-state index contributed by atoms with van der Waals surface area (Å²) < 4.78 is 0. The van der Waals surface area contributed by atoms with Gasteiger partial charge in [0.2, 0.25) is 0 Å². The predicted molar refractivity (Wildman–Crippen MR) is 112 cm³/mol. The van der Waals surface area contributed by atoms with Gasteiger partial charge in [-0.3, -0.25) is 15.1 Å². The third-order valence-corrected chi connectivity index (χ3v) is 5.81. The molecule has 5 nitrogen and oxygen atoms in total. The highest BCUT2D eigenvalue weighted by Gasteiger charge is 2.14. The monoisotopic (exact) mass is 386 g/mol. The van der Waals surface area contributed by atoms with Gasteiger partial charge in [0.15, 0.2) is 5.13 Å². The van der Waals surface area contributed by atoms with Crippen LogP contribution in [0.1, 0.15) is 34.5 Å². The number of hydrogen-bond donors (Lipinski definition) is 1. The van der Waals surface area contributed by atoms with Gasteiger partial charge in [0.05, 0.1) is 22.9 Å². The number of thiazole rings is 1. The van der Waals surface area contributed by atoms with Gasteiger partial charge in [0.25, 0.3) is 5.91 Å². The maximum atomic E-state index is 12.5. The zero-order valence-corrected chi connectivity index (χ0v) is 16.0. The fraction of sp³-hybridized carbons (Fsp3) is 0.182. The van der Waals surface area contributed by atoms with E-state index in [-0.39, 0.29) is 11.6 Å². The molecule has 1 aliphatic carbocycles. The third kappa shape index (κ3) is 3.27. The summed E-state index contributed by atoms with van der Waals surface area (Å²) in [6.45, 7) is 0. The lowest BCUT2D eigenvalue weighted by Gasteiger charge is -2.16. The molecule has 2 heterocycles. The first kappa shape index (κ1) is 17.0. The number of anilines is 1. The minimum atomic E-state index is -0.301. The van der Waals surface area contributed by atoms with E-state index in [2.05, 4.69) is 38.5 Å². The van der Waals surface area contributed by atoms with Crippen molar-refractivity contribution in [1.29, 1.82) is 0 Å². The minimum Gasteiger partial charge on any atom is -0.296 e. The van der Waals surface area contributed by atoms with Crippen LogP contribution in [-0.2, 0) is 12.8 Å². The van der Waals surface area contributed by atoms with Crippen molar-refractivity contribution in [2.75, 3.05) is 5.32 Å². The molecule has 1 aliphatic rings. The number of hydrogen-bond acceptors (Lipinski definition) is 5. The summed E-state index contributed by atoms with van der Waals surface area (Å²) >= 11 is 1.42. The Bertz CT molecular complexity index is 1180. The molecule has 2 aromatic heterocycles. The van der Waals surface area contributed by atoms with E-state index < -0.39 is 0 Å². The molecule has 1 N–H and O–H groups in total. The molecule has 0 saturated carbocycles. The van der Waals surface area contributed by atoms with Crippen molar-refractivity contribution in [3.63, 3.8) is 0 Å². The normalized spacial score (nSPS) is 13.3. The molecule has 0 spiro atoms. The standard InChI is InChI=1S/C22H18N4OS/c27-21(19-12-23-17-7-3-4-8-18(17)24-19)26-22-25-20(13-28-22)16-10-9-14-5-1-2-6-15(14)11-16/h3-4,7-13H,1-2,5-6H2,(H,25,26,27). The summed E-state index contributed by atoms with van der Waals surface area (Å²) in [4.78, 5) is 25.8. The topological polar surface area (TPSA) is 67.8 Å². The second kappa shape index (κ2) is 7.13. The molecule has 2 aromatic carbocycles. The molecule has 1 amide bonds. The molecule has 0 fully saturated rings. The van der Waals surface area contributed by atoms with Crippen molar-refractivity contribution in [1.82, 2.24) is 15.0 Å². The van der Waals surface area contributed by atoms with Crippen LogP contribution in [0, 0.1) is 0 Å². The largest absolute Gasteiger partial charge is 0.296 e. The lowest BCUT2D eigenvalue weighted by molar-refractivity contribution is 0.102. The second-order valence-corrected chi connectivity index (χ2v) is 7.78. The number of rotatable bonds is 3.